The summed E-state index contributed by atoms with van der Waals surface area (Å²) >= 11 is 0. The minimum Gasteiger partial charge on any atom is -0.398 e. The summed E-state index contributed by atoms with van der Waals surface area (Å²) < 4.78 is 13.8. The van der Waals surface area contributed by atoms with Crippen molar-refractivity contribution in [3.8, 4) is 0 Å². The van der Waals surface area contributed by atoms with Crippen molar-refractivity contribution in [2.45, 2.75) is 6.92 Å². The van der Waals surface area contributed by atoms with E-state index in [-0.39, 0.29) is 16.9 Å². The normalized spacial score (nSPS) is 10.2. The highest BCUT2D eigenvalue weighted by atomic mass is 19.1. The lowest BCUT2D eigenvalue weighted by molar-refractivity contribution is 0.100. The lowest BCUT2D eigenvalue weighted by Crippen LogP contribution is -2.14. The molecule has 0 bridgehead atoms. The van der Waals surface area contributed by atoms with Crippen LogP contribution in [0.5, 0.6) is 0 Å². The molecule has 0 aliphatic carbocycles. The van der Waals surface area contributed by atoms with Crippen LogP contribution in [0.4, 0.5) is 21.5 Å². The van der Waals surface area contributed by atoms with Gasteiger partial charge in [-0.2, -0.15) is 0 Å². The van der Waals surface area contributed by atoms with Gasteiger partial charge in [0, 0.05) is 11.9 Å². The topological polar surface area (TPSA) is 94.0 Å². The number of primary amides is 1. The lowest BCUT2D eigenvalue weighted by atomic mass is 10.1. The van der Waals surface area contributed by atoms with E-state index in [4.69, 9.17) is 11.5 Å². The fraction of sp³-hybridized carbons (Fsp3) is 0.0769. The van der Waals surface area contributed by atoms with E-state index in [0.717, 1.165) is 11.6 Å². The van der Waals surface area contributed by atoms with Crippen molar-refractivity contribution in [1.29, 1.82) is 0 Å². The van der Waals surface area contributed by atoms with Crippen LogP contribution in [-0.4, -0.2) is 10.9 Å². The summed E-state index contributed by atoms with van der Waals surface area (Å²) in [6.45, 7) is 1.87. The maximum absolute atomic E-state index is 13.8. The average Bonchev–Trinajstić information content (AvgIpc) is 2.32. The minimum absolute atomic E-state index is 0.0120. The molecule has 5 nitrogen and oxygen atoms in total. The quantitative estimate of drug-likeness (QED) is 0.735. The second-order valence-electron chi connectivity index (χ2n) is 4.16. The molecule has 19 heavy (non-hydrogen) atoms. The Kier molecular flexibility index (Phi) is 3.33. The molecule has 0 fully saturated rings. The molecular formula is C13H13FN4O. The molecule has 2 rings (SSSR count). The molecule has 0 spiro atoms. The Bertz CT molecular complexity index is 643. The first kappa shape index (κ1) is 12.8. The van der Waals surface area contributed by atoms with Crippen LogP contribution < -0.4 is 16.8 Å². The van der Waals surface area contributed by atoms with Crippen LogP contribution in [0.15, 0.2) is 30.6 Å². The smallest absolute Gasteiger partial charge is 0.250 e. The summed E-state index contributed by atoms with van der Waals surface area (Å²) in [4.78, 5) is 15.2. The number of anilines is 3. The number of nitrogens with zero attached hydrogens (tertiary/aromatic N) is 1. The molecule has 1 heterocycles. The van der Waals surface area contributed by atoms with Gasteiger partial charge in [0.15, 0.2) is 0 Å². The number of halogens is 1. The molecule has 6 heteroatoms. The predicted octanol–water partition coefficient (Wildman–Crippen LogP) is 1.95. The van der Waals surface area contributed by atoms with Gasteiger partial charge in [-0.05, 0) is 30.7 Å². The van der Waals surface area contributed by atoms with Crippen molar-refractivity contribution in [1.82, 2.24) is 4.98 Å². The molecule has 5 N–H and O–H groups in total. The van der Waals surface area contributed by atoms with E-state index in [1.165, 1.54) is 6.07 Å². The van der Waals surface area contributed by atoms with Crippen LogP contribution >= 0.6 is 0 Å². The highest BCUT2D eigenvalue weighted by molar-refractivity contribution is 5.99. The van der Waals surface area contributed by atoms with Gasteiger partial charge in [0.25, 0.3) is 5.91 Å². The highest BCUT2D eigenvalue weighted by Gasteiger charge is 2.12. The van der Waals surface area contributed by atoms with E-state index < -0.39 is 11.7 Å². The van der Waals surface area contributed by atoms with Gasteiger partial charge in [0.1, 0.15) is 5.82 Å². The third-order valence-corrected chi connectivity index (χ3v) is 2.56. The van der Waals surface area contributed by atoms with Crippen molar-refractivity contribution in [2.75, 3.05) is 11.1 Å². The maximum atomic E-state index is 13.8. The van der Waals surface area contributed by atoms with E-state index in [1.807, 2.05) is 6.92 Å². The molecule has 0 aliphatic heterocycles. The lowest BCUT2D eigenvalue weighted by Gasteiger charge is -2.10. The number of aryl methyl sites for hydroxylation is 1. The summed E-state index contributed by atoms with van der Waals surface area (Å²) in [6.07, 6.45) is 3.23. The highest BCUT2D eigenvalue weighted by Crippen LogP contribution is 2.25. The molecule has 0 saturated carbocycles. The van der Waals surface area contributed by atoms with Crippen molar-refractivity contribution >= 4 is 23.0 Å². The number of amides is 1. The van der Waals surface area contributed by atoms with Crippen LogP contribution in [0.1, 0.15) is 15.9 Å². The largest absolute Gasteiger partial charge is 0.398 e. The zero-order valence-corrected chi connectivity index (χ0v) is 10.3. The number of nitrogens with two attached hydrogens (primary N) is 2. The standard InChI is InChI=1S/C13H13FN4O/c1-7-2-8(6-17-5-7)18-12-3-9(13(16)19)11(15)4-10(12)14/h2-6,18H,15H2,1H3,(H2,16,19). The molecule has 1 aromatic carbocycles. The zero-order chi connectivity index (χ0) is 14.0. The monoisotopic (exact) mass is 260 g/mol. The van der Waals surface area contributed by atoms with E-state index in [1.54, 1.807) is 18.5 Å². The van der Waals surface area contributed by atoms with Crippen molar-refractivity contribution in [3.05, 3.63) is 47.5 Å². The van der Waals surface area contributed by atoms with Gasteiger partial charge in [-0.1, -0.05) is 0 Å². The SMILES string of the molecule is Cc1cncc(Nc2cc(C(N)=O)c(N)cc2F)c1. The fourth-order valence-electron chi connectivity index (χ4n) is 1.68. The van der Waals surface area contributed by atoms with Crippen LogP contribution in [0.3, 0.4) is 0 Å². The first-order chi connectivity index (χ1) is 8.97. The van der Waals surface area contributed by atoms with Crippen LogP contribution in [0, 0.1) is 12.7 Å². The molecule has 0 aliphatic rings. The summed E-state index contributed by atoms with van der Waals surface area (Å²) in [5.41, 5.74) is 12.4. The van der Waals surface area contributed by atoms with Crippen molar-refractivity contribution < 1.29 is 9.18 Å². The van der Waals surface area contributed by atoms with Gasteiger partial charge in [-0.15, -0.1) is 0 Å². The second kappa shape index (κ2) is 4.93. The molecular weight excluding hydrogens is 247 g/mol. The van der Waals surface area contributed by atoms with E-state index in [0.29, 0.717) is 5.69 Å². The summed E-state index contributed by atoms with van der Waals surface area (Å²) in [5.74, 6) is -1.27. The number of hydrogen-bond acceptors (Lipinski definition) is 4. The number of carbonyl (C=O) groups is 1. The molecule has 1 amide bonds. The minimum atomic E-state index is -0.706. The van der Waals surface area contributed by atoms with Gasteiger partial charge in [-0.3, -0.25) is 9.78 Å². The Hall–Kier alpha value is -2.63. The van der Waals surface area contributed by atoms with E-state index >= 15 is 0 Å². The Labute approximate surface area is 109 Å². The van der Waals surface area contributed by atoms with E-state index in [2.05, 4.69) is 10.3 Å². The molecule has 1 aromatic heterocycles. The second-order valence-corrected chi connectivity index (χ2v) is 4.16. The first-order valence-corrected chi connectivity index (χ1v) is 5.55. The zero-order valence-electron chi connectivity index (χ0n) is 10.3. The van der Waals surface area contributed by atoms with Crippen molar-refractivity contribution in [3.63, 3.8) is 0 Å². The van der Waals surface area contributed by atoms with Crippen molar-refractivity contribution in [2.24, 2.45) is 5.73 Å². The van der Waals surface area contributed by atoms with Crippen LogP contribution in [0.25, 0.3) is 0 Å². The third-order valence-electron chi connectivity index (χ3n) is 2.56. The Morgan fingerprint density at radius 2 is 2.05 bits per heavy atom. The average molecular weight is 260 g/mol. The molecule has 0 saturated heterocycles. The maximum Gasteiger partial charge on any atom is 0.250 e. The first-order valence-electron chi connectivity index (χ1n) is 5.55. The molecule has 0 atom stereocenters. The van der Waals surface area contributed by atoms with Crippen LogP contribution in [0.2, 0.25) is 0 Å². The number of pyridine rings is 1. The molecule has 0 unspecified atom stereocenters. The number of carbonyl (C=O) groups excluding carboxylic acids is 1. The van der Waals surface area contributed by atoms with Gasteiger partial charge >= 0.3 is 0 Å². The number of nitrogen functional groups attached to an aromatic ring is 1. The molecule has 2 aromatic rings. The number of hydrogen-bond donors (Lipinski definition) is 3. The van der Waals surface area contributed by atoms with E-state index in [9.17, 15) is 9.18 Å². The number of aromatic nitrogens is 1. The predicted molar refractivity (Wildman–Crippen MR) is 71.6 cm³/mol. The Morgan fingerprint density at radius 3 is 2.68 bits per heavy atom. The van der Waals surface area contributed by atoms with Gasteiger partial charge in [0.2, 0.25) is 0 Å². The summed E-state index contributed by atoms with van der Waals surface area (Å²) in [7, 11) is 0. The number of rotatable bonds is 3. The van der Waals surface area contributed by atoms with Gasteiger partial charge in [-0.25, -0.2) is 4.39 Å². The molecule has 0 radical (unpaired) electrons. The third kappa shape index (κ3) is 2.79. The summed E-state index contributed by atoms with van der Waals surface area (Å²) in [6, 6.07) is 4.15. The Morgan fingerprint density at radius 1 is 1.32 bits per heavy atom. The number of nitrogens with one attached hydrogen (secondary N) is 1. The number of benzene rings is 1. The Balaban J connectivity index is 2.40. The summed E-state index contributed by atoms with van der Waals surface area (Å²) in [5, 5.41) is 2.83. The van der Waals surface area contributed by atoms with Gasteiger partial charge in [0.05, 0.1) is 23.1 Å². The van der Waals surface area contributed by atoms with Gasteiger partial charge < -0.3 is 16.8 Å². The fourth-order valence-corrected chi connectivity index (χ4v) is 1.68. The molecule has 98 valence electrons. The van der Waals surface area contributed by atoms with Crippen LogP contribution in [-0.2, 0) is 0 Å².